The summed E-state index contributed by atoms with van der Waals surface area (Å²) in [6, 6.07) is 14.3. The summed E-state index contributed by atoms with van der Waals surface area (Å²) in [5, 5.41) is 9.58. The van der Waals surface area contributed by atoms with Gasteiger partial charge in [-0.2, -0.15) is 0 Å². The summed E-state index contributed by atoms with van der Waals surface area (Å²) in [7, 11) is 1.74. The monoisotopic (exact) mass is 438 g/mol. The molecule has 1 fully saturated rings. The number of hydrogen-bond donors (Lipinski definition) is 3. The Bertz CT molecular complexity index is 939. The molecule has 3 rings (SSSR count). The first-order chi connectivity index (χ1) is 15.4. The molecule has 0 aromatic heterocycles. The van der Waals surface area contributed by atoms with E-state index in [0.29, 0.717) is 30.8 Å². The van der Waals surface area contributed by atoms with Crippen LogP contribution >= 0.6 is 0 Å². The Morgan fingerprint density at radius 2 is 1.91 bits per heavy atom. The van der Waals surface area contributed by atoms with Gasteiger partial charge >= 0.3 is 0 Å². The molecule has 0 heterocycles. The van der Waals surface area contributed by atoms with E-state index in [9.17, 15) is 4.79 Å². The molecule has 0 saturated heterocycles. The van der Waals surface area contributed by atoms with Crippen LogP contribution in [0.3, 0.4) is 0 Å². The minimum absolute atomic E-state index is 0.0357. The van der Waals surface area contributed by atoms with Crippen LogP contribution in [0.1, 0.15) is 43.4 Å². The number of guanidine groups is 1. The Morgan fingerprint density at radius 3 is 2.62 bits per heavy atom. The van der Waals surface area contributed by atoms with Gasteiger partial charge in [0.05, 0.1) is 6.10 Å². The number of carbonyl (C=O) groups is 1. The van der Waals surface area contributed by atoms with Gasteiger partial charge in [0.2, 0.25) is 0 Å². The molecule has 2 aromatic rings. The predicted molar refractivity (Wildman–Crippen MR) is 127 cm³/mol. The molecule has 0 unspecified atom stereocenters. The van der Waals surface area contributed by atoms with E-state index in [1.165, 1.54) is 5.56 Å². The van der Waals surface area contributed by atoms with Gasteiger partial charge in [0.15, 0.2) is 12.6 Å². The van der Waals surface area contributed by atoms with E-state index in [1.807, 2.05) is 38.1 Å². The zero-order chi connectivity index (χ0) is 22.9. The molecule has 1 saturated carbocycles. The molecule has 0 atom stereocenters. The second kappa shape index (κ2) is 11.4. The first-order valence-corrected chi connectivity index (χ1v) is 11.1. The molecule has 0 radical (unpaired) electrons. The van der Waals surface area contributed by atoms with Crippen molar-refractivity contribution < 1.29 is 14.3 Å². The number of rotatable bonds is 10. The number of hydrogen-bond acceptors (Lipinski definition) is 4. The number of nitrogens with zero attached hydrogens (tertiary/aromatic N) is 1. The maximum absolute atomic E-state index is 11.8. The van der Waals surface area contributed by atoms with Crippen LogP contribution in [0.5, 0.6) is 11.5 Å². The molecule has 172 valence electrons. The van der Waals surface area contributed by atoms with Gasteiger partial charge in [-0.15, -0.1) is 0 Å². The first kappa shape index (κ1) is 23.4. The Balaban J connectivity index is 1.49. The fraction of sp³-hybridized carbons (Fsp3) is 0.440. The van der Waals surface area contributed by atoms with Crippen molar-refractivity contribution in [2.75, 3.05) is 13.7 Å². The number of aliphatic imine (C=N–C) groups is 1. The molecule has 7 nitrogen and oxygen atoms in total. The van der Waals surface area contributed by atoms with Crippen molar-refractivity contribution in [1.82, 2.24) is 16.0 Å². The second-order valence-electron chi connectivity index (χ2n) is 8.33. The van der Waals surface area contributed by atoms with Gasteiger partial charge in [0.1, 0.15) is 11.5 Å². The zero-order valence-corrected chi connectivity index (χ0v) is 19.4. The summed E-state index contributed by atoms with van der Waals surface area (Å²) in [5.74, 6) is 2.18. The molecule has 1 amide bonds. The fourth-order valence-electron chi connectivity index (χ4n) is 3.15. The molecule has 0 aliphatic heterocycles. The molecule has 0 bridgehead atoms. The van der Waals surface area contributed by atoms with E-state index in [1.54, 1.807) is 7.05 Å². The third-order valence-corrected chi connectivity index (χ3v) is 4.93. The largest absolute Gasteiger partial charge is 0.491 e. The Labute approximate surface area is 190 Å². The first-order valence-electron chi connectivity index (χ1n) is 11.1. The van der Waals surface area contributed by atoms with Crippen LogP contribution in [0.2, 0.25) is 0 Å². The number of nitrogens with one attached hydrogen (secondary N) is 3. The molecule has 1 aliphatic rings. The van der Waals surface area contributed by atoms with Crippen LogP contribution in [0, 0.1) is 6.92 Å². The summed E-state index contributed by atoms with van der Waals surface area (Å²) in [6.45, 7) is 7.32. The van der Waals surface area contributed by atoms with Crippen molar-refractivity contribution in [2.45, 2.75) is 58.8 Å². The number of ether oxygens (including phenoxy) is 2. The highest BCUT2D eigenvalue weighted by Crippen LogP contribution is 2.22. The topological polar surface area (TPSA) is 84.0 Å². The van der Waals surface area contributed by atoms with Gasteiger partial charge in [-0.3, -0.25) is 9.79 Å². The van der Waals surface area contributed by atoms with Gasteiger partial charge in [-0.1, -0.05) is 24.3 Å². The number of carbonyl (C=O) groups excluding carboxylic acids is 1. The molecule has 1 aliphatic carbocycles. The van der Waals surface area contributed by atoms with Gasteiger partial charge < -0.3 is 25.4 Å². The van der Waals surface area contributed by atoms with Crippen LogP contribution in [-0.2, 0) is 17.9 Å². The van der Waals surface area contributed by atoms with Crippen molar-refractivity contribution in [1.29, 1.82) is 0 Å². The van der Waals surface area contributed by atoms with E-state index in [2.05, 4.69) is 46.1 Å². The van der Waals surface area contributed by atoms with Crippen molar-refractivity contribution >= 4 is 11.9 Å². The number of benzene rings is 2. The molecule has 7 heteroatoms. The average Bonchev–Trinajstić information content (AvgIpc) is 3.57. The number of aryl methyl sites for hydroxylation is 1. The lowest BCUT2D eigenvalue weighted by atomic mass is 10.1. The van der Waals surface area contributed by atoms with Crippen LogP contribution in [0.15, 0.2) is 47.5 Å². The highest BCUT2D eigenvalue weighted by atomic mass is 16.5. The Morgan fingerprint density at radius 1 is 1.12 bits per heavy atom. The SMILES string of the molecule is CN=C(NCc1cccc(OCC(=O)NC2CC2)c1)NCc1ccc(C)cc1OC(C)C. The second-order valence-corrected chi connectivity index (χ2v) is 8.33. The lowest BCUT2D eigenvalue weighted by Gasteiger charge is -2.17. The summed E-state index contributed by atoms with van der Waals surface area (Å²) in [4.78, 5) is 16.1. The van der Waals surface area contributed by atoms with E-state index < -0.39 is 0 Å². The quantitative estimate of drug-likeness (QED) is 0.392. The van der Waals surface area contributed by atoms with Gasteiger partial charge in [0.25, 0.3) is 5.91 Å². The molecular weight excluding hydrogens is 404 g/mol. The lowest BCUT2D eigenvalue weighted by molar-refractivity contribution is -0.123. The standard InChI is InChI=1S/C25H34N4O3/c1-17(2)32-23-12-18(3)8-9-20(23)15-28-25(26-4)27-14-19-6-5-7-22(13-19)31-16-24(30)29-21-10-11-21/h5-9,12-13,17,21H,10-11,14-16H2,1-4H3,(H,29,30)(H2,26,27,28). The summed E-state index contributed by atoms with van der Waals surface area (Å²) >= 11 is 0. The van der Waals surface area contributed by atoms with Crippen molar-refractivity contribution in [3.63, 3.8) is 0 Å². The van der Waals surface area contributed by atoms with Crippen molar-refractivity contribution in [3.8, 4) is 11.5 Å². The minimum Gasteiger partial charge on any atom is -0.491 e. The van der Waals surface area contributed by atoms with Crippen LogP contribution in [0.4, 0.5) is 0 Å². The van der Waals surface area contributed by atoms with Crippen molar-refractivity contribution in [2.24, 2.45) is 4.99 Å². The maximum atomic E-state index is 11.8. The molecule has 2 aromatic carbocycles. The Kier molecular flexibility index (Phi) is 8.36. The van der Waals surface area contributed by atoms with E-state index in [-0.39, 0.29) is 18.6 Å². The third-order valence-electron chi connectivity index (χ3n) is 4.93. The molecule has 0 spiro atoms. The Hall–Kier alpha value is -3.22. The van der Waals surface area contributed by atoms with Crippen molar-refractivity contribution in [3.05, 3.63) is 59.2 Å². The van der Waals surface area contributed by atoms with Gasteiger partial charge in [-0.25, -0.2) is 0 Å². The smallest absolute Gasteiger partial charge is 0.258 e. The third kappa shape index (κ3) is 7.80. The minimum atomic E-state index is -0.0717. The van der Waals surface area contributed by atoms with Crippen LogP contribution in [-0.4, -0.2) is 37.7 Å². The van der Waals surface area contributed by atoms with Crippen LogP contribution in [0.25, 0.3) is 0 Å². The predicted octanol–water partition coefficient (Wildman–Crippen LogP) is 3.30. The molecule has 32 heavy (non-hydrogen) atoms. The summed E-state index contributed by atoms with van der Waals surface area (Å²) < 4.78 is 11.6. The molecule has 3 N–H and O–H groups in total. The van der Waals surface area contributed by atoms with E-state index >= 15 is 0 Å². The summed E-state index contributed by atoms with van der Waals surface area (Å²) in [5.41, 5.74) is 3.28. The highest BCUT2D eigenvalue weighted by molar-refractivity contribution is 5.79. The number of amides is 1. The zero-order valence-electron chi connectivity index (χ0n) is 19.4. The van der Waals surface area contributed by atoms with Crippen LogP contribution < -0.4 is 25.4 Å². The normalized spacial score (nSPS) is 13.6. The van der Waals surface area contributed by atoms with E-state index in [0.717, 1.165) is 29.7 Å². The fourth-order valence-corrected chi connectivity index (χ4v) is 3.15. The van der Waals surface area contributed by atoms with Gasteiger partial charge in [0, 0.05) is 31.7 Å². The lowest BCUT2D eigenvalue weighted by Crippen LogP contribution is -2.36. The van der Waals surface area contributed by atoms with E-state index in [4.69, 9.17) is 9.47 Å². The average molecular weight is 439 g/mol. The van der Waals surface area contributed by atoms with Gasteiger partial charge in [-0.05, 0) is 62.9 Å². The molecular formula is C25H34N4O3. The highest BCUT2D eigenvalue weighted by Gasteiger charge is 2.23. The maximum Gasteiger partial charge on any atom is 0.258 e. The summed E-state index contributed by atoms with van der Waals surface area (Å²) in [6.07, 6.45) is 2.25.